The Kier molecular flexibility index (Phi) is 4.64. The lowest BCUT2D eigenvalue weighted by molar-refractivity contribution is -0.139. The first-order chi connectivity index (χ1) is 8.49. The van der Waals surface area contributed by atoms with Gasteiger partial charge in [-0.1, -0.05) is 41.5 Å². The molecule has 0 radical (unpaired) electrons. The molecule has 4 heteroatoms. The largest absolute Gasteiger partial charge is 0.355 e. The van der Waals surface area contributed by atoms with Crippen molar-refractivity contribution in [2.75, 3.05) is 19.6 Å². The van der Waals surface area contributed by atoms with Crippen molar-refractivity contribution in [1.29, 1.82) is 0 Å². The van der Waals surface area contributed by atoms with Crippen LogP contribution in [0.25, 0.3) is 0 Å². The van der Waals surface area contributed by atoms with Crippen LogP contribution < -0.4 is 5.32 Å². The Bertz CT molecular complexity index is 344. The van der Waals surface area contributed by atoms with Crippen LogP contribution in [0.2, 0.25) is 0 Å². The number of likely N-dealkylation sites (tertiary alicyclic amines) is 1. The Hall–Kier alpha value is -1.06. The summed E-state index contributed by atoms with van der Waals surface area (Å²) in [7, 11) is 0. The zero-order chi connectivity index (χ0) is 14.8. The van der Waals surface area contributed by atoms with Crippen LogP contribution in [-0.4, -0.2) is 36.3 Å². The number of nitrogens with zero attached hydrogens (tertiary/aromatic N) is 1. The molecule has 0 unspecified atom stereocenters. The minimum absolute atomic E-state index is 0.0443. The SMILES string of the molecule is CC(C)(C)CC(=O)N1CC(CNC(=O)C(C)(C)C)C1. The third-order valence-electron chi connectivity index (χ3n) is 3.22. The first-order valence-electron chi connectivity index (χ1n) is 7.05. The summed E-state index contributed by atoms with van der Waals surface area (Å²) in [4.78, 5) is 25.5. The second-order valence-electron chi connectivity index (χ2n) is 7.86. The van der Waals surface area contributed by atoms with Gasteiger partial charge in [0, 0.05) is 37.4 Å². The smallest absolute Gasteiger partial charge is 0.225 e. The van der Waals surface area contributed by atoms with Crippen LogP contribution >= 0.6 is 0 Å². The molecule has 0 aromatic heterocycles. The van der Waals surface area contributed by atoms with Crippen LogP contribution in [0.5, 0.6) is 0 Å². The summed E-state index contributed by atoms with van der Waals surface area (Å²) in [5.41, 5.74) is -0.298. The molecule has 1 aliphatic rings. The van der Waals surface area contributed by atoms with Crippen molar-refractivity contribution in [1.82, 2.24) is 10.2 Å². The van der Waals surface area contributed by atoms with Gasteiger partial charge in [-0.15, -0.1) is 0 Å². The standard InChI is InChI=1S/C15H28N2O2/c1-14(2,3)7-12(18)17-9-11(10-17)8-16-13(19)15(4,5)6/h11H,7-10H2,1-6H3,(H,16,19). The minimum atomic E-state index is -0.342. The Morgan fingerprint density at radius 1 is 1.11 bits per heavy atom. The highest BCUT2D eigenvalue weighted by Gasteiger charge is 2.33. The lowest BCUT2D eigenvalue weighted by Gasteiger charge is -2.40. The van der Waals surface area contributed by atoms with Gasteiger partial charge >= 0.3 is 0 Å². The van der Waals surface area contributed by atoms with Gasteiger partial charge in [-0.05, 0) is 5.41 Å². The maximum absolute atomic E-state index is 11.9. The highest BCUT2D eigenvalue weighted by atomic mass is 16.2. The molecule has 1 rings (SSSR count). The first-order valence-corrected chi connectivity index (χ1v) is 7.05. The average molecular weight is 268 g/mol. The maximum Gasteiger partial charge on any atom is 0.225 e. The Morgan fingerprint density at radius 3 is 2.05 bits per heavy atom. The van der Waals surface area contributed by atoms with E-state index in [1.54, 1.807) is 0 Å². The van der Waals surface area contributed by atoms with E-state index in [2.05, 4.69) is 26.1 Å². The maximum atomic E-state index is 11.9. The van der Waals surface area contributed by atoms with Crippen LogP contribution in [0.1, 0.15) is 48.0 Å². The van der Waals surface area contributed by atoms with Crippen molar-refractivity contribution < 1.29 is 9.59 Å². The van der Waals surface area contributed by atoms with Gasteiger partial charge in [0.25, 0.3) is 0 Å². The van der Waals surface area contributed by atoms with Crippen LogP contribution in [0.4, 0.5) is 0 Å². The molecule has 0 bridgehead atoms. The van der Waals surface area contributed by atoms with E-state index >= 15 is 0 Å². The van der Waals surface area contributed by atoms with Gasteiger partial charge in [-0.2, -0.15) is 0 Å². The topological polar surface area (TPSA) is 49.4 Å². The van der Waals surface area contributed by atoms with Gasteiger partial charge in [-0.25, -0.2) is 0 Å². The average Bonchev–Trinajstić information content (AvgIpc) is 2.09. The van der Waals surface area contributed by atoms with E-state index in [0.717, 1.165) is 13.1 Å². The highest BCUT2D eigenvalue weighted by molar-refractivity contribution is 5.81. The molecule has 19 heavy (non-hydrogen) atoms. The molecule has 2 amide bonds. The lowest BCUT2D eigenvalue weighted by Crippen LogP contribution is -2.54. The summed E-state index contributed by atoms with van der Waals surface area (Å²) in [6.07, 6.45) is 0.591. The number of hydrogen-bond donors (Lipinski definition) is 1. The van der Waals surface area contributed by atoms with Crippen molar-refractivity contribution in [3.63, 3.8) is 0 Å². The number of rotatable bonds is 3. The van der Waals surface area contributed by atoms with Crippen molar-refractivity contribution in [2.45, 2.75) is 48.0 Å². The zero-order valence-corrected chi connectivity index (χ0v) is 13.2. The normalized spacial score (nSPS) is 17.1. The van der Waals surface area contributed by atoms with Gasteiger partial charge in [0.2, 0.25) is 11.8 Å². The lowest BCUT2D eigenvalue weighted by atomic mass is 9.89. The quantitative estimate of drug-likeness (QED) is 0.851. The summed E-state index contributed by atoms with van der Waals surface area (Å²) in [6.45, 7) is 14.2. The molecule has 0 atom stereocenters. The predicted octanol–water partition coefficient (Wildman–Crippen LogP) is 2.04. The number of amides is 2. The number of carbonyl (C=O) groups is 2. The molecule has 1 N–H and O–H groups in total. The molecule has 0 aliphatic carbocycles. The molecule has 1 saturated heterocycles. The second kappa shape index (κ2) is 5.51. The zero-order valence-electron chi connectivity index (χ0n) is 13.2. The fraction of sp³-hybridized carbons (Fsp3) is 0.867. The molecular formula is C15H28N2O2. The molecule has 1 fully saturated rings. The van der Waals surface area contributed by atoms with Gasteiger partial charge in [0.1, 0.15) is 0 Å². The molecule has 0 aromatic carbocycles. The van der Waals surface area contributed by atoms with Gasteiger partial charge in [0.05, 0.1) is 0 Å². The van der Waals surface area contributed by atoms with E-state index in [1.807, 2.05) is 25.7 Å². The fourth-order valence-corrected chi connectivity index (χ4v) is 1.97. The fourth-order valence-electron chi connectivity index (χ4n) is 1.97. The monoisotopic (exact) mass is 268 g/mol. The molecule has 110 valence electrons. The van der Waals surface area contributed by atoms with Crippen molar-refractivity contribution in [2.24, 2.45) is 16.7 Å². The molecular weight excluding hydrogens is 240 g/mol. The van der Waals surface area contributed by atoms with Crippen molar-refractivity contribution in [3.8, 4) is 0 Å². The Morgan fingerprint density at radius 2 is 1.63 bits per heavy atom. The van der Waals surface area contributed by atoms with E-state index in [1.165, 1.54) is 0 Å². The van der Waals surface area contributed by atoms with E-state index in [0.29, 0.717) is 18.9 Å². The number of hydrogen-bond acceptors (Lipinski definition) is 2. The third-order valence-corrected chi connectivity index (χ3v) is 3.22. The van der Waals surface area contributed by atoms with Gasteiger partial charge in [-0.3, -0.25) is 9.59 Å². The van der Waals surface area contributed by atoms with E-state index in [-0.39, 0.29) is 22.6 Å². The van der Waals surface area contributed by atoms with Gasteiger partial charge < -0.3 is 10.2 Å². The van der Waals surface area contributed by atoms with Crippen LogP contribution in [-0.2, 0) is 9.59 Å². The molecule has 0 spiro atoms. The Balaban J connectivity index is 2.24. The van der Waals surface area contributed by atoms with Crippen LogP contribution in [0.3, 0.4) is 0 Å². The highest BCUT2D eigenvalue weighted by Crippen LogP contribution is 2.24. The summed E-state index contributed by atoms with van der Waals surface area (Å²) in [5.74, 6) is 0.716. The predicted molar refractivity (Wildman–Crippen MR) is 76.6 cm³/mol. The van der Waals surface area contributed by atoms with Crippen molar-refractivity contribution in [3.05, 3.63) is 0 Å². The summed E-state index contributed by atoms with van der Waals surface area (Å²) in [6, 6.07) is 0. The number of nitrogens with one attached hydrogen (secondary N) is 1. The van der Waals surface area contributed by atoms with Crippen LogP contribution in [0.15, 0.2) is 0 Å². The van der Waals surface area contributed by atoms with E-state index < -0.39 is 0 Å². The Labute approximate surface area is 116 Å². The summed E-state index contributed by atoms with van der Waals surface area (Å²) >= 11 is 0. The molecule has 0 saturated carbocycles. The van der Waals surface area contributed by atoms with Crippen LogP contribution in [0, 0.1) is 16.7 Å². The van der Waals surface area contributed by atoms with Crippen molar-refractivity contribution >= 4 is 11.8 Å². The molecule has 4 nitrogen and oxygen atoms in total. The summed E-state index contributed by atoms with van der Waals surface area (Å²) < 4.78 is 0. The first kappa shape index (κ1) is 16.0. The minimum Gasteiger partial charge on any atom is -0.355 e. The summed E-state index contributed by atoms with van der Waals surface area (Å²) in [5, 5.41) is 2.96. The third kappa shape index (κ3) is 5.21. The number of carbonyl (C=O) groups excluding carboxylic acids is 2. The second-order valence-corrected chi connectivity index (χ2v) is 7.86. The molecule has 1 heterocycles. The van der Waals surface area contributed by atoms with Gasteiger partial charge in [0.15, 0.2) is 0 Å². The van der Waals surface area contributed by atoms with E-state index in [4.69, 9.17) is 0 Å². The molecule has 0 aromatic rings. The molecule has 1 aliphatic heterocycles. The van der Waals surface area contributed by atoms with E-state index in [9.17, 15) is 9.59 Å².